The molecule has 3 atom stereocenters. The predicted octanol–water partition coefficient (Wildman–Crippen LogP) is 2.72. The molecule has 2 saturated heterocycles. The molecule has 3 aliphatic heterocycles. The number of likely N-dealkylation sites (tertiary alicyclic amines) is 1. The summed E-state index contributed by atoms with van der Waals surface area (Å²) >= 11 is 0. The molecule has 1 aromatic rings. The quantitative estimate of drug-likeness (QED) is 0.465. The maximum absolute atomic E-state index is 13.6. The normalized spacial score (nSPS) is 28.8. The SMILES string of the molecule is CC1(C)CC(O)N(c2cccc(NC(=O)C3C=CC(NC(C)(C)CO)=NC3N3CCC4(CC3)CC4)n2)C1. The molecule has 3 unspecified atom stereocenters. The first-order valence-electron chi connectivity index (χ1n) is 13.6. The lowest BCUT2D eigenvalue weighted by molar-refractivity contribution is -0.120. The zero-order chi connectivity index (χ0) is 26.4. The van der Waals surface area contributed by atoms with Crippen LogP contribution in [0.3, 0.4) is 0 Å². The van der Waals surface area contributed by atoms with Gasteiger partial charge in [-0.15, -0.1) is 0 Å². The van der Waals surface area contributed by atoms with Gasteiger partial charge in [0.05, 0.1) is 18.1 Å². The van der Waals surface area contributed by atoms with Crippen LogP contribution in [0.1, 0.15) is 59.8 Å². The highest BCUT2D eigenvalue weighted by Crippen LogP contribution is 2.54. The molecule has 0 bridgehead atoms. The van der Waals surface area contributed by atoms with Crippen LogP contribution in [0, 0.1) is 16.7 Å². The fourth-order valence-electron chi connectivity index (χ4n) is 5.82. The summed E-state index contributed by atoms with van der Waals surface area (Å²) in [6.07, 6.45) is 8.48. The Morgan fingerprint density at radius 1 is 1.19 bits per heavy atom. The van der Waals surface area contributed by atoms with Crippen LogP contribution in [0.5, 0.6) is 0 Å². The number of hydrogen-bond donors (Lipinski definition) is 4. The number of dihydropyridines is 1. The summed E-state index contributed by atoms with van der Waals surface area (Å²) in [5.41, 5.74) is 0.0195. The van der Waals surface area contributed by atoms with Gasteiger partial charge in [0.2, 0.25) is 5.91 Å². The molecule has 1 saturated carbocycles. The third-order valence-electron chi connectivity index (χ3n) is 8.38. The number of nitrogens with zero attached hydrogens (tertiary/aromatic N) is 4. The number of hydrogen-bond acceptors (Lipinski definition) is 8. The third kappa shape index (κ3) is 5.84. The van der Waals surface area contributed by atoms with Crippen molar-refractivity contribution < 1.29 is 15.0 Å². The number of pyridine rings is 1. The molecule has 0 aromatic carbocycles. The molecule has 202 valence electrons. The molecule has 4 N–H and O–H groups in total. The highest BCUT2D eigenvalue weighted by Gasteiger charge is 2.47. The van der Waals surface area contributed by atoms with Crippen LogP contribution in [0.25, 0.3) is 0 Å². The van der Waals surface area contributed by atoms with E-state index in [0.29, 0.717) is 35.9 Å². The Kier molecular flexibility index (Phi) is 6.83. The van der Waals surface area contributed by atoms with Gasteiger partial charge in [0, 0.05) is 19.6 Å². The average Bonchev–Trinajstić information content (AvgIpc) is 3.54. The number of amidine groups is 1. The number of aliphatic imine (C=N–C) groups is 1. The highest BCUT2D eigenvalue weighted by molar-refractivity contribution is 5.99. The van der Waals surface area contributed by atoms with Crippen LogP contribution in [-0.4, -0.2) is 76.0 Å². The van der Waals surface area contributed by atoms with E-state index < -0.39 is 17.7 Å². The van der Waals surface area contributed by atoms with Gasteiger partial charge in [0.15, 0.2) is 0 Å². The number of carbonyl (C=O) groups is 1. The Morgan fingerprint density at radius 2 is 1.92 bits per heavy atom. The lowest BCUT2D eigenvalue weighted by atomic mass is 9.91. The summed E-state index contributed by atoms with van der Waals surface area (Å²) in [4.78, 5) is 27.4. The van der Waals surface area contributed by atoms with Crippen LogP contribution in [0.4, 0.5) is 11.6 Å². The molecular weight excluding hydrogens is 468 g/mol. The van der Waals surface area contributed by atoms with Gasteiger partial charge in [-0.2, -0.15) is 0 Å². The van der Waals surface area contributed by atoms with E-state index in [1.807, 2.05) is 43.0 Å². The topological polar surface area (TPSA) is 113 Å². The van der Waals surface area contributed by atoms with E-state index in [1.165, 1.54) is 12.8 Å². The van der Waals surface area contributed by atoms with Crippen LogP contribution < -0.4 is 15.5 Å². The maximum atomic E-state index is 13.6. The molecule has 4 aliphatic rings. The third-order valence-corrected chi connectivity index (χ3v) is 8.38. The zero-order valence-corrected chi connectivity index (χ0v) is 22.6. The minimum atomic E-state index is -0.587. The van der Waals surface area contributed by atoms with E-state index in [1.54, 1.807) is 6.07 Å². The highest BCUT2D eigenvalue weighted by atomic mass is 16.3. The molecule has 4 heterocycles. The van der Waals surface area contributed by atoms with E-state index in [-0.39, 0.29) is 24.1 Å². The predicted molar refractivity (Wildman–Crippen MR) is 145 cm³/mol. The van der Waals surface area contributed by atoms with Crippen LogP contribution >= 0.6 is 0 Å². The van der Waals surface area contributed by atoms with Crippen molar-refractivity contribution in [1.82, 2.24) is 15.2 Å². The van der Waals surface area contributed by atoms with Gasteiger partial charge in [-0.05, 0) is 75.0 Å². The lowest BCUT2D eigenvalue weighted by Crippen LogP contribution is -2.52. The number of carbonyl (C=O) groups excluding carboxylic acids is 1. The number of aliphatic hydroxyl groups excluding tert-OH is 2. The first kappa shape index (κ1) is 26.1. The summed E-state index contributed by atoms with van der Waals surface area (Å²) in [5.74, 6) is 1.21. The number of nitrogens with one attached hydrogen (secondary N) is 2. The van der Waals surface area contributed by atoms with Crippen molar-refractivity contribution in [1.29, 1.82) is 0 Å². The van der Waals surface area contributed by atoms with Gasteiger partial charge in [-0.3, -0.25) is 9.69 Å². The van der Waals surface area contributed by atoms with Gasteiger partial charge in [-0.1, -0.05) is 26.0 Å². The van der Waals surface area contributed by atoms with Crippen molar-refractivity contribution in [2.75, 3.05) is 36.5 Å². The van der Waals surface area contributed by atoms with Gasteiger partial charge in [0.1, 0.15) is 29.9 Å². The second-order valence-corrected chi connectivity index (χ2v) is 12.9. The second-order valence-electron chi connectivity index (χ2n) is 12.9. The van der Waals surface area contributed by atoms with Crippen molar-refractivity contribution in [3.05, 3.63) is 30.4 Å². The molecular formula is C28H42N6O3. The minimum Gasteiger partial charge on any atom is -0.394 e. The summed E-state index contributed by atoms with van der Waals surface area (Å²) in [6, 6.07) is 5.52. The lowest BCUT2D eigenvalue weighted by Gasteiger charge is -2.40. The number of aliphatic hydroxyl groups is 2. The minimum absolute atomic E-state index is 0.00227. The Bertz CT molecular complexity index is 1070. The zero-order valence-electron chi connectivity index (χ0n) is 22.6. The molecule has 1 spiro atoms. The first-order valence-corrected chi connectivity index (χ1v) is 13.6. The van der Waals surface area contributed by atoms with E-state index in [4.69, 9.17) is 4.99 Å². The molecule has 9 nitrogen and oxygen atoms in total. The van der Waals surface area contributed by atoms with Crippen molar-refractivity contribution >= 4 is 23.4 Å². The van der Waals surface area contributed by atoms with Crippen LogP contribution in [0.15, 0.2) is 35.3 Å². The standard InChI is InChI=1S/C28H42N6O3/c1-26(2)16-23(36)34(17-26)22-7-5-6-20(29-22)31-25(37)19-8-9-21(32-27(3,4)18-35)30-24(19)33-14-12-28(10-11-28)13-15-33/h5-9,19,23-24,35-36H,10-18H2,1-4H3,(H,30,32)(H,29,31,37). The van der Waals surface area contributed by atoms with E-state index in [2.05, 4.69) is 34.4 Å². The number of anilines is 2. The Balaban J connectivity index is 1.32. The summed E-state index contributed by atoms with van der Waals surface area (Å²) in [7, 11) is 0. The number of amides is 1. The van der Waals surface area contributed by atoms with E-state index in [9.17, 15) is 15.0 Å². The van der Waals surface area contributed by atoms with Gasteiger partial charge in [-0.25, -0.2) is 9.98 Å². The number of aromatic nitrogens is 1. The number of rotatable bonds is 6. The summed E-state index contributed by atoms with van der Waals surface area (Å²) in [6.45, 7) is 10.7. The molecule has 3 fully saturated rings. The van der Waals surface area contributed by atoms with E-state index in [0.717, 1.165) is 25.9 Å². The van der Waals surface area contributed by atoms with Crippen molar-refractivity contribution in [3.8, 4) is 0 Å². The van der Waals surface area contributed by atoms with Gasteiger partial charge >= 0.3 is 0 Å². The van der Waals surface area contributed by atoms with Crippen LogP contribution in [-0.2, 0) is 4.79 Å². The summed E-state index contributed by atoms with van der Waals surface area (Å²) in [5, 5.41) is 26.6. The van der Waals surface area contributed by atoms with Crippen molar-refractivity contribution in [3.63, 3.8) is 0 Å². The van der Waals surface area contributed by atoms with E-state index >= 15 is 0 Å². The van der Waals surface area contributed by atoms with Crippen molar-refractivity contribution in [2.45, 2.75) is 77.7 Å². The smallest absolute Gasteiger partial charge is 0.236 e. The molecule has 0 radical (unpaired) electrons. The average molecular weight is 511 g/mol. The fraction of sp³-hybridized carbons (Fsp3) is 0.679. The molecule has 5 rings (SSSR count). The first-order chi connectivity index (χ1) is 17.5. The van der Waals surface area contributed by atoms with Gasteiger partial charge < -0.3 is 25.7 Å². The fourth-order valence-corrected chi connectivity index (χ4v) is 5.82. The van der Waals surface area contributed by atoms with Crippen LogP contribution in [0.2, 0.25) is 0 Å². The Morgan fingerprint density at radius 3 is 2.54 bits per heavy atom. The Hall–Kier alpha value is -2.49. The molecule has 1 aliphatic carbocycles. The number of piperidine rings is 1. The second kappa shape index (κ2) is 9.67. The van der Waals surface area contributed by atoms with Crippen molar-refractivity contribution in [2.24, 2.45) is 21.7 Å². The molecule has 1 aromatic heterocycles. The largest absolute Gasteiger partial charge is 0.394 e. The Labute approximate surface area is 220 Å². The maximum Gasteiger partial charge on any atom is 0.236 e. The molecule has 37 heavy (non-hydrogen) atoms. The summed E-state index contributed by atoms with van der Waals surface area (Å²) < 4.78 is 0. The molecule has 9 heteroatoms. The molecule has 1 amide bonds. The monoisotopic (exact) mass is 510 g/mol. The van der Waals surface area contributed by atoms with Gasteiger partial charge in [0.25, 0.3) is 0 Å².